The SMILES string of the molecule is Cc1cccc(-c2noc(-c3cc(N)ccc3C)n2)c1. The Hall–Kier alpha value is -2.62. The molecule has 2 aromatic carbocycles. The standard InChI is InChI=1S/C16H15N3O/c1-10-4-3-5-12(8-10)15-18-16(20-19-15)14-9-13(17)7-6-11(14)2/h3-9H,17H2,1-2H3. The lowest BCUT2D eigenvalue weighted by molar-refractivity contribution is 0.432. The molecule has 0 aliphatic heterocycles. The molecule has 1 heterocycles. The first kappa shape index (κ1) is 12.4. The molecule has 4 nitrogen and oxygen atoms in total. The molecule has 0 radical (unpaired) electrons. The van der Waals surface area contributed by atoms with E-state index in [2.05, 4.69) is 10.1 Å². The maximum Gasteiger partial charge on any atom is 0.258 e. The van der Waals surface area contributed by atoms with Gasteiger partial charge in [-0.3, -0.25) is 0 Å². The Morgan fingerprint density at radius 1 is 1.05 bits per heavy atom. The monoisotopic (exact) mass is 265 g/mol. The van der Waals surface area contributed by atoms with Gasteiger partial charge in [0.05, 0.1) is 0 Å². The Kier molecular flexibility index (Phi) is 2.99. The Labute approximate surface area is 117 Å². The zero-order chi connectivity index (χ0) is 14.1. The van der Waals surface area contributed by atoms with Gasteiger partial charge < -0.3 is 10.3 Å². The average molecular weight is 265 g/mol. The second-order valence-corrected chi connectivity index (χ2v) is 4.87. The van der Waals surface area contributed by atoms with Gasteiger partial charge in [0, 0.05) is 16.8 Å². The molecule has 20 heavy (non-hydrogen) atoms. The summed E-state index contributed by atoms with van der Waals surface area (Å²) in [5.74, 6) is 1.08. The van der Waals surface area contributed by atoms with Crippen LogP contribution < -0.4 is 5.73 Å². The predicted octanol–water partition coefficient (Wildman–Crippen LogP) is 3.60. The molecule has 2 N–H and O–H groups in total. The number of hydrogen-bond acceptors (Lipinski definition) is 4. The average Bonchev–Trinajstić information content (AvgIpc) is 2.91. The molecule has 0 saturated carbocycles. The van der Waals surface area contributed by atoms with Crippen LogP contribution >= 0.6 is 0 Å². The van der Waals surface area contributed by atoms with Crippen LogP contribution in [-0.2, 0) is 0 Å². The van der Waals surface area contributed by atoms with Gasteiger partial charge in [0.2, 0.25) is 5.82 Å². The van der Waals surface area contributed by atoms with Gasteiger partial charge in [0.25, 0.3) is 5.89 Å². The highest BCUT2D eigenvalue weighted by molar-refractivity contribution is 5.66. The third-order valence-corrected chi connectivity index (χ3v) is 3.19. The van der Waals surface area contributed by atoms with E-state index in [-0.39, 0.29) is 0 Å². The number of nitrogens with zero attached hydrogens (tertiary/aromatic N) is 2. The van der Waals surface area contributed by atoms with Crippen LogP contribution in [0, 0.1) is 13.8 Å². The van der Waals surface area contributed by atoms with Crippen molar-refractivity contribution in [2.75, 3.05) is 5.73 Å². The molecule has 0 amide bonds. The highest BCUT2D eigenvalue weighted by Crippen LogP contribution is 2.26. The molecule has 3 rings (SSSR count). The van der Waals surface area contributed by atoms with E-state index in [1.54, 1.807) is 0 Å². The number of benzene rings is 2. The molecular formula is C16H15N3O. The molecule has 4 heteroatoms. The number of hydrogen-bond donors (Lipinski definition) is 1. The minimum absolute atomic E-state index is 0.492. The summed E-state index contributed by atoms with van der Waals surface area (Å²) in [6.45, 7) is 4.03. The van der Waals surface area contributed by atoms with Crippen molar-refractivity contribution in [3.8, 4) is 22.8 Å². The zero-order valence-corrected chi connectivity index (χ0v) is 11.4. The van der Waals surface area contributed by atoms with Gasteiger partial charge in [-0.1, -0.05) is 35.0 Å². The fourth-order valence-corrected chi connectivity index (χ4v) is 2.10. The van der Waals surface area contributed by atoms with Crippen LogP contribution in [0.5, 0.6) is 0 Å². The summed E-state index contributed by atoms with van der Waals surface area (Å²) in [5, 5.41) is 4.05. The summed E-state index contributed by atoms with van der Waals surface area (Å²) in [6.07, 6.45) is 0. The maximum atomic E-state index is 5.81. The maximum absolute atomic E-state index is 5.81. The number of aryl methyl sites for hydroxylation is 2. The van der Waals surface area contributed by atoms with Crippen molar-refractivity contribution in [1.29, 1.82) is 0 Å². The third-order valence-electron chi connectivity index (χ3n) is 3.19. The summed E-state index contributed by atoms with van der Waals surface area (Å²) in [6, 6.07) is 13.7. The number of nitrogens with two attached hydrogens (primary N) is 1. The van der Waals surface area contributed by atoms with Crippen molar-refractivity contribution < 1.29 is 4.52 Å². The first-order valence-corrected chi connectivity index (χ1v) is 6.41. The van der Waals surface area contributed by atoms with Crippen LogP contribution in [0.1, 0.15) is 11.1 Å². The Morgan fingerprint density at radius 3 is 2.70 bits per heavy atom. The quantitative estimate of drug-likeness (QED) is 0.719. The van der Waals surface area contributed by atoms with Gasteiger partial charge in [-0.15, -0.1) is 0 Å². The van der Waals surface area contributed by atoms with Crippen LogP contribution in [0.15, 0.2) is 47.0 Å². The fourth-order valence-electron chi connectivity index (χ4n) is 2.10. The summed E-state index contributed by atoms with van der Waals surface area (Å²) < 4.78 is 5.36. The second-order valence-electron chi connectivity index (χ2n) is 4.87. The van der Waals surface area contributed by atoms with Crippen molar-refractivity contribution >= 4 is 5.69 Å². The lowest BCUT2D eigenvalue weighted by Gasteiger charge is -2.01. The molecule has 0 unspecified atom stereocenters. The highest BCUT2D eigenvalue weighted by Gasteiger charge is 2.12. The minimum Gasteiger partial charge on any atom is -0.399 e. The lowest BCUT2D eigenvalue weighted by atomic mass is 10.1. The molecule has 1 aromatic heterocycles. The van der Waals surface area contributed by atoms with E-state index in [9.17, 15) is 0 Å². The van der Waals surface area contributed by atoms with Gasteiger partial charge in [0.1, 0.15) is 0 Å². The summed E-state index contributed by atoms with van der Waals surface area (Å²) >= 11 is 0. The van der Waals surface area contributed by atoms with E-state index in [1.807, 2.05) is 56.3 Å². The molecule has 0 bridgehead atoms. The van der Waals surface area contributed by atoms with Gasteiger partial charge in [-0.05, 0) is 37.6 Å². The number of nitrogen functional groups attached to an aromatic ring is 1. The predicted molar refractivity (Wildman–Crippen MR) is 79.1 cm³/mol. The normalized spacial score (nSPS) is 10.7. The number of anilines is 1. The third kappa shape index (κ3) is 2.28. The molecule has 0 aliphatic carbocycles. The molecule has 100 valence electrons. The van der Waals surface area contributed by atoms with Crippen LogP contribution in [-0.4, -0.2) is 10.1 Å². The van der Waals surface area contributed by atoms with Crippen LogP contribution in [0.4, 0.5) is 5.69 Å². The van der Waals surface area contributed by atoms with E-state index in [4.69, 9.17) is 10.3 Å². The summed E-state index contributed by atoms with van der Waals surface area (Å²) in [5.41, 5.74) is 10.5. The Morgan fingerprint density at radius 2 is 1.90 bits per heavy atom. The molecule has 0 aliphatic rings. The first-order chi connectivity index (χ1) is 9.63. The highest BCUT2D eigenvalue weighted by atomic mass is 16.5. The van der Waals surface area contributed by atoms with Crippen molar-refractivity contribution in [2.45, 2.75) is 13.8 Å². The Balaban J connectivity index is 2.04. The second kappa shape index (κ2) is 4.81. The molecule has 0 spiro atoms. The van der Waals surface area contributed by atoms with E-state index in [0.717, 1.165) is 22.3 Å². The molecular weight excluding hydrogens is 250 g/mol. The smallest absolute Gasteiger partial charge is 0.258 e. The van der Waals surface area contributed by atoms with Crippen molar-refractivity contribution in [1.82, 2.24) is 10.1 Å². The minimum atomic E-state index is 0.492. The van der Waals surface area contributed by atoms with Gasteiger partial charge in [-0.25, -0.2) is 0 Å². The number of aromatic nitrogens is 2. The first-order valence-electron chi connectivity index (χ1n) is 6.41. The van der Waals surface area contributed by atoms with Gasteiger partial charge >= 0.3 is 0 Å². The lowest BCUT2D eigenvalue weighted by Crippen LogP contribution is -1.89. The van der Waals surface area contributed by atoms with Gasteiger partial charge in [-0.2, -0.15) is 4.98 Å². The van der Waals surface area contributed by atoms with Crippen molar-refractivity contribution in [3.05, 3.63) is 53.6 Å². The van der Waals surface area contributed by atoms with Crippen LogP contribution in [0.25, 0.3) is 22.8 Å². The molecule has 0 saturated heterocycles. The Bertz CT molecular complexity index is 762. The van der Waals surface area contributed by atoms with E-state index in [0.29, 0.717) is 17.4 Å². The topological polar surface area (TPSA) is 64.9 Å². The van der Waals surface area contributed by atoms with E-state index in [1.165, 1.54) is 0 Å². The fraction of sp³-hybridized carbons (Fsp3) is 0.125. The molecule has 0 fully saturated rings. The molecule has 0 atom stereocenters. The van der Waals surface area contributed by atoms with E-state index >= 15 is 0 Å². The largest absolute Gasteiger partial charge is 0.399 e. The van der Waals surface area contributed by atoms with Crippen LogP contribution in [0.2, 0.25) is 0 Å². The molecule has 3 aromatic rings. The van der Waals surface area contributed by atoms with Crippen LogP contribution in [0.3, 0.4) is 0 Å². The zero-order valence-electron chi connectivity index (χ0n) is 11.4. The van der Waals surface area contributed by atoms with Crippen molar-refractivity contribution in [2.24, 2.45) is 0 Å². The van der Waals surface area contributed by atoms with E-state index < -0.39 is 0 Å². The number of rotatable bonds is 2. The summed E-state index contributed by atoms with van der Waals surface area (Å²) in [7, 11) is 0. The van der Waals surface area contributed by atoms with Gasteiger partial charge in [0.15, 0.2) is 0 Å². The summed E-state index contributed by atoms with van der Waals surface area (Å²) in [4.78, 5) is 4.46. The van der Waals surface area contributed by atoms with Crippen molar-refractivity contribution in [3.63, 3.8) is 0 Å².